The lowest BCUT2D eigenvalue weighted by Crippen LogP contribution is -2.26. The van der Waals surface area contributed by atoms with Gasteiger partial charge in [-0.05, 0) is 18.6 Å². The van der Waals surface area contributed by atoms with Gasteiger partial charge in [0.1, 0.15) is 11.6 Å². The van der Waals surface area contributed by atoms with E-state index in [9.17, 15) is 4.39 Å². The predicted molar refractivity (Wildman–Crippen MR) is 58.8 cm³/mol. The minimum Gasteiger partial charge on any atom is -0.493 e. The molecular weight excluding hydrogens is 221 g/mol. The Morgan fingerprint density at radius 1 is 1.47 bits per heavy atom. The summed E-state index contributed by atoms with van der Waals surface area (Å²) < 4.78 is 17.9. The molecule has 5 heteroatoms. The summed E-state index contributed by atoms with van der Waals surface area (Å²) in [5, 5.41) is 8.64. The van der Waals surface area contributed by atoms with Gasteiger partial charge in [0, 0.05) is 12.1 Å². The first-order valence-corrected chi connectivity index (χ1v) is 4.47. The molecule has 0 heterocycles. The van der Waals surface area contributed by atoms with Crippen molar-refractivity contribution in [2.45, 2.75) is 12.5 Å². The van der Waals surface area contributed by atoms with Gasteiger partial charge in [0.25, 0.3) is 0 Å². The molecule has 0 fully saturated rings. The Bertz CT molecular complexity index is 286. The highest BCUT2D eigenvalue weighted by molar-refractivity contribution is 5.85. The summed E-state index contributed by atoms with van der Waals surface area (Å²) in [6.07, 6.45) is 0.549. The fourth-order valence-electron chi connectivity index (χ4n) is 0.976. The van der Waals surface area contributed by atoms with Crippen LogP contribution in [0.4, 0.5) is 4.39 Å². The second kappa shape index (κ2) is 7.45. The van der Waals surface area contributed by atoms with Gasteiger partial charge in [0.2, 0.25) is 0 Å². The van der Waals surface area contributed by atoms with E-state index >= 15 is 0 Å². The lowest BCUT2D eigenvalue weighted by atomic mass is 10.2. The van der Waals surface area contributed by atoms with Gasteiger partial charge < -0.3 is 15.6 Å². The molecule has 0 aliphatic carbocycles. The van der Waals surface area contributed by atoms with Gasteiger partial charge in [-0.1, -0.05) is 6.07 Å². The normalized spacial score (nSPS) is 11.7. The van der Waals surface area contributed by atoms with Crippen LogP contribution in [-0.2, 0) is 0 Å². The maximum Gasteiger partial charge on any atom is 0.126 e. The van der Waals surface area contributed by atoms with Crippen molar-refractivity contribution in [2.24, 2.45) is 5.73 Å². The lowest BCUT2D eigenvalue weighted by molar-refractivity contribution is 0.230. The van der Waals surface area contributed by atoms with E-state index in [0.717, 1.165) is 0 Å². The molecule has 0 aliphatic heterocycles. The molecule has 3 N–H and O–H groups in total. The fourth-order valence-corrected chi connectivity index (χ4v) is 0.976. The number of aliphatic hydroxyl groups is 1. The first-order valence-electron chi connectivity index (χ1n) is 4.47. The van der Waals surface area contributed by atoms with Crippen LogP contribution in [0.2, 0.25) is 0 Å². The van der Waals surface area contributed by atoms with E-state index in [1.165, 1.54) is 12.1 Å². The number of benzene rings is 1. The molecule has 0 saturated carbocycles. The third-order valence-corrected chi connectivity index (χ3v) is 1.79. The monoisotopic (exact) mass is 235 g/mol. The number of hydrogen-bond donors (Lipinski definition) is 2. The zero-order chi connectivity index (χ0) is 10.4. The first kappa shape index (κ1) is 14.2. The van der Waals surface area contributed by atoms with Gasteiger partial charge in [0.05, 0.1) is 13.2 Å². The standard InChI is InChI=1S/C10H14FNO2.ClH/c11-8-2-1-3-10(6-8)14-5-4-9(12)7-13;/h1-3,6,9,13H,4-5,7,12H2;1H/t9-;/m0./s1. The van der Waals surface area contributed by atoms with Crippen LogP contribution < -0.4 is 10.5 Å². The Morgan fingerprint density at radius 2 is 2.20 bits per heavy atom. The van der Waals surface area contributed by atoms with Crippen LogP contribution in [0.3, 0.4) is 0 Å². The molecule has 1 atom stereocenters. The molecule has 1 aromatic carbocycles. The van der Waals surface area contributed by atoms with Gasteiger partial charge in [-0.25, -0.2) is 4.39 Å². The van der Waals surface area contributed by atoms with Crippen molar-refractivity contribution in [3.8, 4) is 5.75 Å². The molecule has 0 aliphatic rings. The summed E-state index contributed by atoms with van der Waals surface area (Å²) in [6, 6.07) is 5.64. The van der Waals surface area contributed by atoms with E-state index in [0.29, 0.717) is 18.8 Å². The average molecular weight is 236 g/mol. The quantitative estimate of drug-likeness (QED) is 0.810. The van der Waals surface area contributed by atoms with Gasteiger partial charge in [-0.2, -0.15) is 0 Å². The molecule has 86 valence electrons. The van der Waals surface area contributed by atoms with E-state index < -0.39 is 0 Å². The van der Waals surface area contributed by atoms with Crippen LogP contribution in [0.1, 0.15) is 6.42 Å². The maximum atomic E-state index is 12.7. The average Bonchev–Trinajstić information content (AvgIpc) is 2.17. The van der Waals surface area contributed by atoms with Gasteiger partial charge >= 0.3 is 0 Å². The van der Waals surface area contributed by atoms with Crippen molar-refractivity contribution in [3.05, 3.63) is 30.1 Å². The van der Waals surface area contributed by atoms with Crippen LogP contribution in [0.25, 0.3) is 0 Å². The first-order chi connectivity index (χ1) is 6.72. The van der Waals surface area contributed by atoms with E-state index in [4.69, 9.17) is 15.6 Å². The molecule has 0 bridgehead atoms. The van der Waals surface area contributed by atoms with E-state index in [2.05, 4.69) is 0 Å². The highest BCUT2D eigenvalue weighted by Gasteiger charge is 2.01. The molecule has 0 unspecified atom stereocenters. The summed E-state index contributed by atoms with van der Waals surface area (Å²) in [5.74, 6) is 0.157. The van der Waals surface area contributed by atoms with Crippen molar-refractivity contribution in [1.29, 1.82) is 0 Å². The van der Waals surface area contributed by atoms with E-state index in [1.807, 2.05) is 0 Å². The topological polar surface area (TPSA) is 55.5 Å². The smallest absolute Gasteiger partial charge is 0.126 e. The minimum absolute atomic E-state index is 0. The minimum atomic E-state index is -0.325. The van der Waals surface area contributed by atoms with E-state index in [1.54, 1.807) is 12.1 Å². The fraction of sp³-hybridized carbons (Fsp3) is 0.400. The van der Waals surface area contributed by atoms with E-state index in [-0.39, 0.29) is 30.9 Å². The zero-order valence-corrected chi connectivity index (χ0v) is 9.04. The number of rotatable bonds is 5. The largest absolute Gasteiger partial charge is 0.493 e. The van der Waals surface area contributed by atoms with Gasteiger partial charge in [0.15, 0.2) is 0 Å². The molecular formula is C10H15ClFNO2. The number of aliphatic hydroxyl groups excluding tert-OH is 1. The molecule has 1 rings (SSSR count). The van der Waals surface area contributed by atoms with Crippen molar-refractivity contribution >= 4 is 12.4 Å². The lowest BCUT2D eigenvalue weighted by Gasteiger charge is -2.09. The summed E-state index contributed by atoms with van der Waals surface area (Å²) in [7, 11) is 0. The van der Waals surface area contributed by atoms with Crippen LogP contribution in [0.5, 0.6) is 5.75 Å². The Kier molecular flexibility index (Phi) is 7.03. The second-order valence-electron chi connectivity index (χ2n) is 3.04. The molecule has 0 spiro atoms. The molecule has 15 heavy (non-hydrogen) atoms. The molecule has 0 saturated heterocycles. The van der Waals surface area contributed by atoms with Crippen LogP contribution in [0, 0.1) is 5.82 Å². The van der Waals surface area contributed by atoms with Crippen molar-refractivity contribution < 1.29 is 14.2 Å². The summed E-state index contributed by atoms with van der Waals surface area (Å²) in [6.45, 7) is 0.317. The van der Waals surface area contributed by atoms with Crippen LogP contribution in [-0.4, -0.2) is 24.4 Å². The number of halogens is 2. The van der Waals surface area contributed by atoms with Gasteiger partial charge in [-0.15, -0.1) is 12.4 Å². The second-order valence-corrected chi connectivity index (χ2v) is 3.04. The van der Waals surface area contributed by atoms with Crippen molar-refractivity contribution in [1.82, 2.24) is 0 Å². The summed E-state index contributed by atoms with van der Waals surface area (Å²) in [4.78, 5) is 0. The highest BCUT2D eigenvalue weighted by Crippen LogP contribution is 2.11. The Hall–Kier alpha value is -0.840. The highest BCUT2D eigenvalue weighted by atomic mass is 35.5. The Labute approximate surface area is 94.5 Å². The number of hydrogen-bond acceptors (Lipinski definition) is 3. The number of nitrogens with two attached hydrogens (primary N) is 1. The Morgan fingerprint density at radius 3 is 2.80 bits per heavy atom. The molecule has 0 amide bonds. The number of ether oxygens (including phenoxy) is 1. The summed E-state index contributed by atoms with van der Waals surface area (Å²) in [5.41, 5.74) is 5.46. The van der Waals surface area contributed by atoms with Gasteiger partial charge in [-0.3, -0.25) is 0 Å². The Balaban J connectivity index is 0.00000196. The van der Waals surface area contributed by atoms with Crippen LogP contribution >= 0.6 is 12.4 Å². The third-order valence-electron chi connectivity index (χ3n) is 1.79. The third kappa shape index (κ3) is 5.57. The molecule has 1 aromatic rings. The zero-order valence-electron chi connectivity index (χ0n) is 8.23. The molecule has 0 aromatic heterocycles. The SMILES string of the molecule is Cl.N[C@H](CO)CCOc1cccc(F)c1. The predicted octanol–water partition coefficient (Wildman–Crippen LogP) is 1.34. The van der Waals surface area contributed by atoms with Crippen molar-refractivity contribution in [3.63, 3.8) is 0 Å². The summed E-state index contributed by atoms with van der Waals surface area (Å²) >= 11 is 0. The van der Waals surface area contributed by atoms with Crippen molar-refractivity contribution in [2.75, 3.05) is 13.2 Å². The molecule has 3 nitrogen and oxygen atoms in total. The maximum absolute atomic E-state index is 12.7. The van der Waals surface area contributed by atoms with Crippen LogP contribution in [0.15, 0.2) is 24.3 Å². The molecule has 0 radical (unpaired) electrons.